The van der Waals surface area contributed by atoms with Crippen molar-refractivity contribution in [2.45, 2.75) is 46.0 Å². The summed E-state index contributed by atoms with van der Waals surface area (Å²) in [6, 6.07) is 0. The van der Waals surface area contributed by atoms with E-state index in [1.54, 1.807) is 13.8 Å². The minimum Gasteiger partial charge on any atom is -0.465 e. The summed E-state index contributed by atoms with van der Waals surface area (Å²) in [7, 11) is 0. The Morgan fingerprint density at radius 2 is 1.87 bits per heavy atom. The summed E-state index contributed by atoms with van der Waals surface area (Å²) in [5.74, 6) is -0.771. The zero-order valence-electron chi connectivity index (χ0n) is 9.62. The monoisotopic (exact) mass is 212 g/mol. The number of carbonyl (C=O) groups is 2. The van der Waals surface area contributed by atoms with Gasteiger partial charge in [0.15, 0.2) is 0 Å². The van der Waals surface area contributed by atoms with Gasteiger partial charge in [0.05, 0.1) is 6.61 Å². The molecule has 1 fully saturated rings. The summed E-state index contributed by atoms with van der Waals surface area (Å²) < 4.78 is 4.86. The average Bonchev–Trinajstić information content (AvgIpc) is 2.28. The van der Waals surface area contributed by atoms with Crippen LogP contribution >= 0.6 is 0 Å². The highest BCUT2D eigenvalue weighted by molar-refractivity contribution is 5.99. The molecule has 15 heavy (non-hydrogen) atoms. The molecule has 0 amide bonds. The predicted octanol–water partition coefficient (Wildman–Crippen LogP) is 2.33. The molecule has 3 nitrogen and oxygen atoms in total. The molecule has 0 bridgehead atoms. The van der Waals surface area contributed by atoms with E-state index < -0.39 is 5.92 Å². The van der Waals surface area contributed by atoms with E-state index in [1.807, 2.05) is 0 Å². The number of ether oxygens (including phenoxy) is 1. The van der Waals surface area contributed by atoms with Crippen molar-refractivity contribution in [2.24, 2.45) is 11.8 Å². The van der Waals surface area contributed by atoms with Crippen LogP contribution in [-0.2, 0) is 14.3 Å². The number of hydrogen-bond donors (Lipinski definition) is 0. The molecule has 0 aromatic rings. The Labute approximate surface area is 91.2 Å². The molecule has 1 atom stereocenters. The van der Waals surface area contributed by atoms with Crippen LogP contribution in [0, 0.1) is 11.8 Å². The molecular weight excluding hydrogens is 192 g/mol. The van der Waals surface area contributed by atoms with E-state index in [-0.39, 0.29) is 17.7 Å². The highest BCUT2D eigenvalue weighted by atomic mass is 16.5. The van der Waals surface area contributed by atoms with Crippen molar-refractivity contribution in [3.05, 3.63) is 0 Å². The summed E-state index contributed by atoms with van der Waals surface area (Å²) in [5.41, 5.74) is 0. The molecule has 0 aromatic heterocycles. The highest BCUT2D eigenvalue weighted by Crippen LogP contribution is 2.26. The van der Waals surface area contributed by atoms with Crippen molar-refractivity contribution in [2.75, 3.05) is 6.61 Å². The van der Waals surface area contributed by atoms with Gasteiger partial charge in [-0.25, -0.2) is 0 Å². The van der Waals surface area contributed by atoms with Crippen molar-refractivity contribution in [1.29, 1.82) is 0 Å². The minimum atomic E-state index is -0.576. The van der Waals surface area contributed by atoms with Crippen LogP contribution in [-0.4, -0.2) is 18.4 Å². The lowest BCUT2D eigenvalue weighted by Gasteiger charge is -2.22. The van der Waals surface area contributed by atoms with E-state index in [9.17, 15) is 9.59 Å². The van der Waals surface area contributed by atoms with Gasteiger partial charge in [-0.05, 0) is 26.7 Å². The van der Waals surface area contributed by atoms with Crippen LogP contribution < -0.4 is 0 Å². The van der Waals surface area contributed by atoms with Gasteiger partial charge in [0, 0.05) is 5.92 Å². The molecular formula is C12H20O3. The fourth-order valence-electron chi connectivity index (χ4n) is 2.12. The van der Waals surface area contributed by atoms with Crippen molar-refractivity contribution < 1.29 is 14.3 Å². The summed E-state index contributed by atoms with van der Waals surface area (Å²) in [5, 5.41) is 0. The minimum absolute atomic E-state index is 0.0770. The fraction of sp³-hybridized carbons (Fsp3) is 0.833. The molecule has 86 valence electrons. The van der Waals surface area contributed by atoms with E-state index in [0.717, 1.165) is 25.7 Å². The first kappa shape index (κ1) is 12.2. The van der Waals surface area contributed by atoms with Crippen molar-refractivity contribution in [1.82, 2.24) is 0 Å². The maximum atomic E-state index is 11.9. The Balaban J connectivity index is 2.47. The smallest absolute Gasteiger partial charge is 0.316 e. The molecule has 0 saturated heterocycles. The maximum Gasteiger partial charge on any atom is 0.316 e. The molecule has 0 radical (unpaired) electrons. The Kier molecular flexibility index (Phi) is 4.79. The lowest BCUT2D eigenvalue weighted by molar-refractivity contribution is -0.152. The van der Waals surface area contributed by atoms with Gasteiger partial charge < -0.3 is 4.74 Å². The van der Waals surface area contributed by atoms with Gasteiger partial charge >= 0.3 is 5.97 Å². The van der Waals surface area contributed by atoms with Crippen LogP contribution in [0.15, 0.2) is 0 Å². The molecule has 1 aliphatic rings. The second kappa shape index (κ2) is 5.89. The molecule has 3 heteroatoms. The third kappa shape index (κ3) is 3.33. The first-order valence-corrected chi connectivity index (χ1v) is 5.87. The topological polar surface area (TPSA) is 43.4 Å². The SMILES string of the molecule is CCOC(=O)C(C)C(=O)C1CCCCC1. The maximum absolute atomic E-state index is 11.9. The molecule has 0 aliphatic heterocycles. The summed E-state index contributed by atoms with van der Waals surface area (Å²) in [4.78, 5) is 23.3. The van der Waals surface area contributed by atoms with Crippen LogP contribution in [0.4, 0.5) is 0 Å². The van der Waals surface area contributed by atoms with Gasteiger partial charge in [0.25, 0.3) is 0 Å². The zero-order chi connectivity index (χ0) is 11.3. The van der Waals surface area contributed by atoms with E-state index in [0.29, 0.717) is 6.61 Å². The van der Waals surface area contributed by atoms with E-state index in [2.05, 4.69) is 0 Å². The molecule has 1 rings (SSSR count). The predicted molar refractivity (Wildman–Crippen MR) is 57.4 cm³/mol. The van der Waals surface area contributed by atoms with Gasteiger partial charge in [-0.1, -0.05) is 19.3 Å². The van der Waals surface area contributed by atoms with Gasteiger partial charge in [0.1, 0.15) is 11.7 Å². The zero-order valence-corrected chi connectivity index (χ0v) is 9.62. The average molecular weight is 212 g/mol. The first-order chi connectivity index (χ1) is 7.16. The quantitative estimate of drug-likeness (QED) is 0.530. The fourth-order valence-corrected chi connectivity index (χ4v) is 2.12. The highest BCUT2D eigenvalue weighted by Gasteiger charge is 2.30. The molecule has 0 heterocycles. The number of hydrogen-bond acceptors (Lipinski definition) is 3. The van der Waals surface area contributed by atoms with Gasteiger partial charge in [-0.15, -0.1) is 0 Å². The Hall–Kier alpha value is -0.860. The number of Topliss-reactive ketones (excluding diaryl/α,β-unsaturated/α-hetero) is 1. The standard InChI is InChI=1S/C12H20O3/c1-3-15-12(14)9(2)11(13)10-7-5-4-6-8-10/h9-10H,3-8H2,1-2H3. The Morgan fingerprint density at radius 1 is 1.27 bits per heavy atom. The van der Waals surface area contributed by atoms with Crippen LogP contribution in [0.1, 0.15) is 46.0 Å². The molecule has 0 spiro atoms. The summed E-state index contributed by atoms with van der Waals surface area (Å²) >= 11 is 0. The summed E-state index contributed by atoms with van der Waals surface area (Å²) in [6.45, 7) is 3.77. The number of carbonyl (C=O) groups excluding carboxylic acids is 2. The molecule has 0 aromatic carbocycles. The number of esters is 1. The van der Waals surface area contributed by atoms with Crippen LogP contribution in [0.25, 0.3) is 0 Å². The van der Waals surface area contributed by atoms with Crippen LogP contribution in [0.3, 0.4) is 0 Å². The van der Waals surface area contributed by atoms with Crippen LogP contribution in [0.5, 0.6) is 0 Å². The largest absolute Gasteiger partial charge is 0.465 e. The second-order valence-corrected chi connectivity index (χ2v) is 4.21. The van der Waals surface area contributed by atoms with Crippen molar-refractivity contribution >= 4 is 11.8 Å². The van der Waals surface area contributed by atoms with E-state index >= 15 is 0 Å². The van der Waals surface area contributed by atoms with Crippen molar-refractivity contribution in [3.63, 3.8) is 0 Å². The molecule has 1 saturated carbocycles. The normalized spacial score (nSPS) is 19.6. The summed E-state index contributed by atoms with van der Waals surface area (Å²) in [6.07, 6.45) is 5.35. The second-order valence-electron chi connectivity index (χ2n) is 4.21. The third-order valence-corrected chi connectivity index (χ3v) is 3.07. The van der Waals surface area contributed by atoms with E-state index in [4.69, 9.17) is 4.74 Å². The molecule has 0 N–H and O–H groups in total. The van der Waals surface area contributed by atoms with Crippen molar-refractivity contribution in [3.8, 4) is 0 Å². The third-order valence-electron chi connectivity index (χ3n) is 3.07. The molecule has 1 unspecified atom stereocenters. The number of ketones is 1. The molecule has 1 aliphatic carbocycles. The lowest BCUT2D eigenvalue weighted by Crippen LogP contribution is -2.30. The van der Waals surface area contributed by atoms with Gasteiger partial charge in [0.2, 0.25) is 0 Å². The Bertz CT molecular complexity index is 229. The number of rotatable bonds is 4. The van der Waals surface area contributed by atoms with E-state index in [1.165, 1.54) is 6.42 Å². The Morgan fingerprint density at radius 3 is 2.40 bits per heavy atom. The van der Waals surface area contributed by atoms with Crippen LogP contribution in [0.2, 0.25) is 0 Å². The lowest BCUT2D eigenvalue weighted by atomic mass is 9.82. The van der Waals surface area contributed by atoms with Gasteiger partial charge in [-0.2, -0.15) is 0 Å². The first-order valence-electron chi connectivity index (χ1n) is 5.87. The van der Waals surface area contributed by atoms with Gasteiger partial charge in [-0.3, -0.25) is 9.59 Å².